The Labute approximate surface area is 145 Å². The molecule has 1 amide bonds. The fourth-order valence-electron chi connectivity index (χ4n) is 2.45. The smallest absolute Gasteiger partial charge is 0.259 e. The molecule has 1 heterocycles. The van der Waals surface area contributed by atoms with E-state index in [2.05, 4.69) is 15.3 Å². The standard InChI is InChI=1S/C20H18FN3O/c1-12-4-9-17(10-13(12)2)24-20(25)18-11-22-19(23-14(18)3)15-5-7-16(21)8-6-15/h4-11H,1-3H3,(H,24,25). The minimum absolute atomic E-state index is 0.258. The first-order valence-corrected chi connectivity index (χ1v) is 7.92. The molecule has 4 nitrogen and oxygen atoms in total. The van der Waals surface area contributed by atoms with Gasteiger partial charge in [0.05, 0.1) is 11.3 Å². The zero-order chi connectivity index (χ0) is 18.0. The maximum absolute atomic E-state index is 13.0. The zero-order valence-electron chi connectivity index (χ0n) is 14.3. The van der Waals surface area contributed by atoms with Crippen molar-refractivity contribution in [2.75, 3.05) is 5.32 Å². The van der Waals surface area contributed by atoms with E-state index in [1.807, 2.05) is 32.0 Å². The third-order valence-corrected chi connectivity index (χ3v) is 4.09. The Balaban J connectivity index is 1.83. The van der Waals surface area contributed by atoms with Crippen molar-refractivity contribution in [2.45, 2.75) is 20.8 Å². The number of nitrogens with one attached hydrogen (secondary N) is 1. The van der Waals surface area contributed by atoms with Crippen LogP contribution in [0.1, 0.15) is 27.2 Å². The molecule has 25 heavy (non-hydrogen) atoms. The van der Waals surface area contributed by atoms with Crippen LogP contribution in [-0.4, -0.2) is 15.9 Å². The van der Waals surface area contributed by atoms with E-state index in [1.54, 1.807) is 19.1 Å². The van der Waals surface area contributed by atoms with E-state index >= 15 is 0 Å². The molecule has 0 atom stereocenters. The molecule has 126 valence electrons. The zero-order valence-corrected chi connectivity index (χ0v) is 14.3. The van der Waals surface area contributed by atoms with Crippen molar-refractivity contribution in [3.8, 4) is 11.4 Å². The third-order valence-electron chi connectivity index (χ3n) is 4.09. The number of rotatable bonds is 3. The SMILES string of the molecule is Cc1ccc(NC(=O)c2cnc(-c3ccc(F)cc3)nc2C)cc1C. The van der Waals surface area contributed by atoms with E-state index in [-0.39, 0.29) is 11.7 Å². The molecule has 0 bridgehead atoms. The Morgan fingerprint density at radius 1 is 1.00 bits per heavy atom. The second-order valence-corrected chi connectivity index (χ2v) is 5.95. The van der Waals surface area contributed by atoms with Crippen LogP contribution in [-0.2, 0) is 0 Å². The quantitative estimate of drug-likeness (QED) is 0.769. The van der Waals surface area contributed by atoms with Crippen molar-refractivity contribution in [1.82, 2.24) is 9.97 Å². The normalized spacial score (nSPS) is 10.6. The maximum atomic E-state index is 13.0. The number of hydrogen-bond donors (Lipinski definition) is 1. The van der Waals surface area contributed by atoms with E-state index in [0.29, 0.717) is 22.6 Å². The Hall–Kier alpha value is -3.08. The van der Waals surface area contributed by atoms with Gasteiger partial charge in [-0.05, 0) is 68.3 Å². The summed E-state index contributed by atoms with van der Waals surface area (Å²) in [5.74, 6) is -0.114. The molecule has 0 aliphatic carbocycles. The largest absolute Gasteiger partial charge is 0.322 e. The van der Waals surface area contributed by atoms with Crippen LogP contribution in [0.3, 0.4) is 0 Å². The topological polar surface area (TPSA) is 54.9 Å². The fourth-order valence-corrected chi connectivity index (χ4v) is 2.45. The fraction of sp³-hybridized carbons (Fsp3) is 0.150. The molecule has 0 fully saturated rings. The molecule has 0 aliphatic heterocycles. The van der Waals surface area contributed by atoms with Crippen molar-refractivity contribution in [1.29, 1.82) is 0 Å². The summed E-state index contributed by atoms with van der Waals surface area (Å²) in [6.07, 6.45) is 1.50. The average Bonchev–Trinajstić information content (AvgIpc) is 2.58. The molecule has 0 aliphatic rings. The number of benzene rings is 2. The minimum atomic E-state index is -0.315. The monoisotopic (exact) mass is 335 g/mol. The van der Waals surface area contributed by atoms with Crippen molar-refractivity contribution in [2.24, 2.45) is 0 Å². The number of aromatic nitrogens is 2. The number of nitrogens with zero attached hydrogens (tertiary/aromatic N) is 2. The molecule has 3 aromatic rings. The van der Waals surface area contributed by atoms with Gasteiger partial charge in [0.15, 0.2) is 5.82 Å². The van der Waals surface area contributed by atoms with Crippen LogP contribution in [0.15, 0.2) is 48.7 Å². The number of hydrogen-bond acceptors (Lipinski definition) is 3. The lowest BCUT2D eigenvalue weighted by Gasteiger charge is -2.10. The first-order valence-electron chi connectivity index (χ1n) is 7.92. The molecule has 1 N–H and O–H groups in total. The Bertz CT molecular complexity index is 936. The summed E-state index contributed by atoms with van der Waals surface area (Å²) in [7, 11) is 0. The number of carbonyl (C=O) groups is 1. The van der Waals surface area contributed by atoms with Crippen molar-refractivity contribution < 1.29 is 9.18 Å². The predicted molar refractivity (Wildman–Crippen MR) is 96.0 cm³/mol. The summed E-state index contributed by atoms with van der Waals surface area (Å²) in [6, 6.07) is 11.7. The molecule has 0 unspecified atom stereocenters. The summed E-state index contributed by atoms with van der Waals surface area (Å²) >= 11 is 0. The van der Waals surface area contributed by atoms with Gasteiger partial charge in [-0.25, -0.2) is 14.4 Å². The molecule has 5 heteroatoms. The molecule has 3 rings (SSSR count). The first-order chi connectivity index (χ1) is 11.9. The summed E-state index contributed by atoms with van der Waals surface area (Å²) in [4.78, 5) is 21.1. The maximum Gasteiger partial charge on any atom is 0.259 e. The van der Waals surface area contributed by atoms with Crippen LogP contribution in [0.4, 0.5) is 10.1 Å². The van der Waals surface area contributed by atoms with Crippen molar-refractivity contribution >= 4 is 11.6 Å². The molecule has 0 saturated carbocycles. The average molecular weight is 335 g/mol. The van der Waals surface area contributed by atoms with Gasteiger partial charge in [0.2, 0.25) is 0 Å². The lowest BCUT2D eigenvalue weighted by Crippen LogP contribution is -2.15. The van der Waals surface area contributed by atoms with E-state index < -0.39 is 0 Å². The van der Waals surface area contributed by atoms with Crippen LogP contribution in [0.25, 0.3) is 11.4 Å². The third kappa shape index (κ3) is 3.71. The lowest BCUT2D eigenvalue weighted by molar-refractivity contribution is 0.102. The van der Waals surface area contributed by atoms with Crippen LogP contribution in [0, 0.1) is 26.6 Å². The summed E-state index contributed by atoms with van der Waals surface area (Å²) in [6.45, 7) is 5.77. The van der Waals surface area contributed by atoms with Crippen molar-refractivity contribution in [3.63, 3.8) is 0 Å². The van der Waals surface area contributed by atoms with E-state index in [1.165, 1.54) is 23.9 Å². The number of anilines is 1. The molecule has 1 aromatic heterocycles. The second kappa shape index (κ2) is 6.81. The van der Waals surface area contributed by atoms with Gasteiger partial charge in [-0.2, -0.15) is 0 Å². The van der Waals surface area contributed by atoms with Gasteiger partial charge in [-0.15, -0.1) is 0 Å². The van der Waals surface area contributed by atoms with Gasteiger partial charge in [0.25, 0.3) is 5.91 Å². The number of halogens is 1. The second-order valence-electron chi connectivity index (χ2n) is 5.95. The van der Waals surface area contributed by atoms with E-state index in [9.17, 15) is 9.18 Å². The number of carbonyl (C=O) groups excluding carboxylic acids is 1. The predicted octanol–water partition coefficient (Wildman–Crippen LogP) is 4.46. The summed E-state index contributed by atoms with van der Waals surface area (Å²) < 4.78 is 13.0. The molecular weight excluding hydrogens is 317 g/mol. The minimum Gasteiger partial charge on any atom is -0.322 e. The molecule has 0 saturated heterocycles. The van der Waals surface area contributed by atoms with Crippen LogP contribution < -0.4 is 5.32 Å². The molecule has 2 aromatic carbocycles. The summed E-state index contributed by atoms with van der Waals surface area (Å²) in [5, 5.41) is 2.87. The van der Waals surface area contributed by atoms with Gasteiger partial charge in [-0.3, -0.25) is 4.79 Å². The van der Waals surface area contributed by atoms with Gasteiger partial charge in [0.1, 0.15) is 5.82 Å². The van der Waals surface area contributed by atoms with Crippen molar-refractivity contribution in [3.05, 3.63) is 76.9 Å². The highest BCUT2D eigenvalue weighted by Crippen LogP contribution is 2.19. The van der Waals surface area contributed by atoms with Gasteiger partial charge >= 0.3 is 0 Å². The van der Waals surface area contributed by atoms with E-state index in [0.717, 1.165) is 11.3 Å². The highest BCUT2D eigenvalue weighted by atomic mass is 19.1. The Morgan fingerprint density at radius 2 is 1.72 bits per heavy atom. The van der Waals surface area contributed by atoms with Crippen LogP contribution >= 0.6 is 0 Å². The van der Waals surface area contributed by atoms with Gasteiger partial charge < -0.3 is 5.32 Å². The number of amides is 1. The highest BCUT2D eigenvalue weighted by molar-refractivity contribution is 6.04. The lowest BCUT2D eigenvalue weighted by atomic mass is 10.1. The molecule has 0 spiro atoms. The number of aryl methyl sites for hydroxylation is 3. The Kier molecular flexibility index (Phi) is 4.57. The highest BCUT2D eigenvalue weighted by Gasteiger charge is 2.13. The molecule has 0 radical (unpaired) electrons. The first kappa shape index (κ1) is 16.8. The summed E-state index contributed by atoms with van der Waals surface area (Å²) in [5.41, 5.74) is 4.68. The van der Waals surface area contributed by atoms with Gasteiger partial charge in [-0.1, -0.05) is 6.07 Å². The van der Waals surface area contributed by atoms with Crippen LogP contribution in [0.2, 0.25) is 0 Å². The van der Waals surface area contributed by atoms with Crippen LogP contribution in [0.5, 0.6) is 0 Å². The van der Waals surface area contributed by atoms with Gasteiger partial charge in [0, 0.05) is 17.4 Å². The molecular formula is C20H18FN3O. The Morgan fingerprint density at radius 3 is 2.36 bits per heavy atom. The van der Waals surface area contributed by atoms with E-state index in [4.69, 9.17) is 0 Å².